The Bertz CT molecular complexity index is 1220. The summed E-state index contributed by atoms with van der Waals surface area (Å²) >= 11 is 0. The molecule has 136 valence electrons. The molecule has 1 unspecified atom stereocenters. The zero-order valence-electron chi connectivity index (χ0n) is 13.9. The highest BCUT2D eigenvalue weighted by atomic mass is 32.2. The zero-order chi connectivity index (χ0) is 18.5. The summed E-state index contributed by atoms with van der Waals surface area (Å²) in [4.78, 5) is 27.6. The molecule has 0 radical (unpaired) electrons. The van der Waals surface area contributed by atoms with Gasteiger partial charge in [-0.3, -0.25) is 14.3 Å². The molecule has 2 heterocycles. The third-order valence-electron chi connectivity index (χ3n) is 4.52. The average molecular weight is 375 g/mol. The van der Waals surface area contributed by atoms with E-state index in [0.717, 1.165) is 24.1 Å². The number of H-pyrrole nitrogens is 2. The van der Waals surface area contributed by atoms with Crippen LogP contribution in [0.1, 0.15) is 30.1 Å². The van der Waals surface area contributed by atoms with Gasteiger partial charge in [-0.2, -0.15) is 5.10 Å². The lowest BCUT2D eigenvalue weighted by molar-refractivity contribution is 0.505. The molecule has 0 fully saturated rings. The summed E-state index contributed by atoms with van der Waals surface area (Å²) in [6.45, 7) is 0. The molecule has 9 nitrogen and oxygen atoms in total. The van der Waals surface area contributed by atoms with Crippen molar-refractivity contribution in [1.29, 1.82) is 0 Å². The lowest BCUT2D eigenvalue weighted by Gasteiger charge is -2.22. The fraction of sp³-hybridized carbons (Fsp3) is 0.312. The van der Waals surface area contributed by atoms with E-state index in [4.69, 9.17) is 0 Å². The fourth-order valence-electron chi connectivity index (χ4n) is 3.31. The highest BCUT2D eigenvalue weighted by molar-refractivity contribution is 7.89. The highest BCUT2D eigenvalue weighted by Gasteiger charge is 2.28. The van der Waals surface area contributed by atoms with Gasteiger partial charge in [0.15, 0.2) is 0 Å². The van der Waals surface area contributed by atoms with Crippen molar-refractivity contribution < 1.29 is 8.42 Å². The van der Waals surface area contributed by atoms with Crippen molar-refractivity contribution in [3.05, 3.63) is 56.4 Å². The molecule has 1 aromatic carbocycles. The Morgan fingerprint density at radius 2 is 1.92 bits per heavy atom. The molecule has 0 spiro atoms. The topological polar surface area (TPSA) is 130 Å². The third-order valence-corrected chi connectivity index (χ3v) is 5.99. The molecule has 0 saturated carbocycles. The molecule has 4 rings (SSSR count). The largest absolute Gasteiger partial charge is 0.316 e. The first-order valence-corrected chi connectivity index (χ1v) is 9.63. The van der Waals surface area contributed by atoms with Gasteiger partial charge >= 0.3 is 11.1 Å². The molecule has 26 heavy (non-hydrogen) atoms. The summed E-state index contributed by atoms with van der Waals surface area (Å²) in [5.74, 6) is 0. The molecule has 1 aliphatic rings. The predicted molar refractivity (Wildman–Crippen MR) is 94.4 cm³/mol. The molecule has 3 aromatic rings. The van der Waals surface area contributed by atoms with Crippen LogP contribution in [-0.4, -0.2) is 28.2 Å². The van der Waals surface area contributed by atoms with Crippen molar-refractivity contribution >= 4 is 21.1 Å². The Hall–Kier alpha value is -2.72. The number of hydrogen-bond acceptors (Lipinski definition) is 5. The van der Waals surface area contributed by atoms with Crippen LogP contribution in [0.25, 0.3) is 11.0 Å². The van der Waals surface area contributed by atoms with Crippen LogP contribution >= 0.6 is 0 Å². The van der Waals surface area contributed by atoms with E-state index in [1.165, 1.54) is 18.2 Å². The van der Waals surface area contributed by atoms with E-state index in [0.29, 0.717) is 11.9 Å². The Morgan fingerprint density at radius 3 is 2.69 bits per heavy atom. The van der Waals surface area contributed by atoms with E-state index in [-0.39, 0.29) is 16.5 Å². The van der Waals surface area contributed by atoms with Crippen molar-refractivity contribution in [2.24, 2.45) is 7.05 Å². The summed E-state index contributed by atoms with van der Waals surface area (Å²) < 4.78 is 30.0. The standard InChI is InChI=1S/C16H17N5O4S/c1-21-8-10-11(19-21)3-2-4-12(10)20-26(24,25)9-5-6-13-14(7-9)18-16(23)15(22)17-13/h5-8,12,20H,2-4H2,1H3,(H,17,22)(H,18,23). The van der Waals surface area contributed by atoms with Gasteiger partial charge in [0, 0.05) is 18.8 Å². The average Bonchev–Trinajstić information content (AvgIpc) is 2.96. The van der Waals surface area contributed by atoms with Crippen LogP contribution in [0.5, 0.6) is 0 Å². The first-order chi connectivity index (χ1) is 12.3. The van der Waals surface area contributed by atoms with E-state index < -0.39 is 21.1 Å². The van der Waals surface area contributed by atoms with Crippen molar-refractivity contribution in [2.45, 2.75) is 30.2 Å². The maximum atomic E-state index is 12.8. The quantitative estimate of drug-likeness (QED) is 0.567. The second kappa shape index (κ2) is 5.92. The van der Waals surface area contributed by atoms with Gasteiger partial charge in [-0.05, 0) is 37.5 Å². The van der Waals surface area contributed by atoms with Crippen LogP contribution in [-0.2, 0) is 23.5 Å². The minimum absolute atomic E-state index is 0.0173. The number of aryl methyl sites for hydroxylation is 2. The van der Waals surface area contributed by atoms with Gasteiger partial charge in [0.2, 0.25) is 10.0 Å². The van der Waals surface area contributed by atoms with Crippen molar-refractivity contribution in [3.8, 4) is 0 Å². The molecular formula is C16H17N5O4S. The Kier molecular flexibility index (Phi) is 3.81. The molecule has 0 amide bonds. The molecule has 3 N–H and O–H groups in total. The summed E-state index contributed by atoms with van der Waals surface area (Å²) in [7, 11) is -2.00. The minimum atomic E-state index is -3.81. The number of nitrogens with zero attached hydrogens (tertiary/aromatic N) is 2. The van der Waals surface area contributed by atoms with Gasteiger partial charge < -0.3 is 9.97 Å². The second-order valence-corrected chi connectivity index (χ2v) is 8.10. The Morgan fingerprint density at radius 1 is 1.19 bits per heavy atom. The minimum Gasteiger partial charge on any atom is -0.316 e. The second-order valence-electron chi connectivity index (χ2n) is 6.39. The number of aromatic amines is 2. The van der Waals surface area contributed by atoms with E-state index in [2.05, 4.69) is 19.8 Å². The van der Waals surface area contributed by atoms with Crippen molar-refractivity contribution in [3.63, 3.8) is 0 Å². The van der Waals surface area contributed by atoms with Crippen molar-refractivity contribution in [2.75, 3.05) is 0 Å². The van der Waals surface area contributed by atoms with Crippen LogP contribution in [0.15, 0.2) is 38.9 Å². The Balaban J connectivity index is 1.71. The number of fused-ring (bicyclic) bond motifs is 2. The van der Waals surface area contributed by atoms with Crippen LogP contribution < -0.4 is 15.8 Å². The van der Waals surface area contributed by atoms with Gasteiger partial charge in [-0.25, -0.2) is 13.1 Å². The molecular weight excluding hydrogens is 358 g/mol. The number of aromatic nitrogens is 4. The lowest BCUT2D eigenvalue weighted by atomic mass is 9.94. The predicted octanol–water partition coefficient (Wildman–Crippen LogP) is 0.306. The molecule has 0 saturated heterocycles. The summed E-state index contributed by atoms with van der Waals surface area (Å²) in [6.07, 6.45) is 4.21. The normalized spacial score (nSPS) is 17.3. The van der Waals surface area contributed by atoms with E-state index in [9.17, 15) is 18.0 Å². The molecule has 2 aromatic heterocycles. The summed E-state index contributed by atoms with van der Waals surface area (Å²) in [5.41, 5.74) is 0.807. The van der Waals surface area contributed by atoms with Crippen LogP contribution in [0.4, 0.5) is 0 Å². The van der Waals surface area contributed by atoms with Crippen LogP contribution in [0.2, 0.25) is 0 Å². The maximum Gasteiger partial charge on any atom is 0.314 e. The van der Waals surface area contributed by atoms with Gasteiger partial charge in [0.1, 0.15) is 0 Å². The van der Waals surface area contributed by atoms with E-state index in [1.807, 2.05) is 13.2 Å². The molecule has 1 aliphatic carbocycles. The Labute approximate surface area is 148 Å². The number of nitrogens with one attached hydrogen (secondary N) is 3. The number of hydrogen-bond donors (Lipinski definition) is 3. The van der Waals surface area contributed by atoms with E-state index >= 15 is 0 Å². The number of benzene rings is 1. The first-order valence-electron chi connectivity index (χ1n) is 8.14. The van der Waals surface area contributed by atoms with Gasteiger partial charge in [-0.1, -0.05) is 0 Å². The number of sulfonamides is 1. The smallest absolute Gasteiger partial charge is 0.314 e. The van der Waals surface area contributed by atoms with Crippen LogP contribution in [0, 0.1) is 0 Å². The third kappa shape index (κ3) is 2.86. The SMILES string of the molecule is Cn1cc2c(n1)CCCC2NS(=O)(=O)c1ccc2[nH]c(=O)c(=O)[nH]c2c1. The maximum absolute atomic E-state index is 12.8. The van der Waals surface area contributed by atoms with Crippen molar-refractivity contribution in [1.82, 2.24) is 24.5 Å². The molecule has 0 aliphatic heterocycles. The first kappa shape index (κ1) is 16.7. The van der Waals surface area contributed by atoms with E-state index in [1.54, 1.807) is 4.68 Å². The summed E-state index contributed by atoms with van der Waals surface area (Å²) in [5, 5.41) is 4.37. The fourth-order valence-corrected chi connectivity index (χ4v) is 4.58. The number of rotatable bonds is 3. The zero-order valence-corrected chi connectivity index (χ0v) is 14.8. The molecule has 0 bridgehead atoms. The lowest BCUT2D eigenvalue weighted by Crippen LogP contribution is -2.31. The molecule has 1 atom stereocenters. The molecule has 10 heteroatoms. The highest BCUT2D eigenvalue weighted by Crippen LogP contribution is 2.30. The van der Waals surface area contributed by atoms with Gasteiger partial charge in [0.05, 0.1) is 27.7 Å². The monoisotopic (exact) mass is 375 g/mol. The summed E-state index contributed by atoms with van der Waals surface area (Å²) in [6, 6.07) is 3.84. The van der Waals surface area contributed by atoms with Crippen LogP contribution in [0.3, 0.4) is 0 Å². The van der Waals surface area contributed by atoms with Gasteiger partial charge in [0.25, 0.3) is 0 Å². The van der Waals surface area contributed by atoms with Gasteiger partial charge in [-0.15, -0.1) is 0 Å².